The maximum atomic E-state index is 5.73. The van der Waals surface area contributed by atoms with Gasteiger partial charge in [0, 0.05) is 13.6 Å². The number of hydrogen-bond acceptors (Lipinski definition) is 4. The Labute approximate surface area is 80.5 Å². The highest BCUT2D eigenvalue weighted by molar-refractivity contribution is 6.32. The monoisotopic (exact) mass is 206 g/mol. The van der Waals surface area contributed by atoms with E-state index in [0.717, 1.165) is 6.54 Å². The van der Waals surface area contributed by atoms with Crippen molar-refractivity contribution in [3.8, 4) is 0 Å². The lowest BCUT2D eigenvalue weighted by molar-refractivity contribution is 0.888. The number of anilines is 1. The van der Waals surface area contributed by atoms with Crippen molar-refractivity contribution in [2.75, 3.05) is 18.5 Å². The summed E-state index contributed by atoms with van der Waals surface area (Å²) in [6, 6.07) is 0. The minimum absolute atomic E-state index is 0.106. The molecule has 4 nitrogen and oxygen atoms in total. The molecule has 0 spiro atoms. The molecule has 1 rings (SSSR count). The van der Waals surface area contributed by atoms with E-state index in [2.05, 4.69) is 15.2 Å². The van der Waals surface area contributed by atoms with Crippen LogP contribution in [0.5, 0.6) is 0 Å². The first-order chi connectivity index (χ1) is 5.65. The predicted molar refractivity (Wildman–Crippen MR) is 48.8 cm³/mol. The smallest absolute Gasteiger partial charge is 0.245 e. The second kappa shape index (κ2) is 3.87. The van der Waals surface area contributed by atoms with Gasteiger partial charge in [0.05, 0.1) is 0 Å². The van der Waals surface area contributed by atoms with Crippen LogP contribution in [-0.2, 0) is 0 Å². The number of nitrogens with zero attached hydrogens (tertiary/aromatic N) is 4. The van der Waals surface area contributed by atoms with E-state index in [9.17, 15) is 0 Å². The van der Waals surface area contributed by atoms with E-state index in [1.807, 2.05) is 18.9 Å². The third kappa shape index (κ3) is 1.95. The normalized spacial score (nSPS) is 10.0. The summed E-state index contributed by atoms with van der Waals surface area (Å²) in [5.41, 5.74) is 0. The van der Waals surface area contributed by atoms with Gasteiger partial charge in [-0.05, 0) is 18.5 Å². The van der Waals surface area contributed by atoms with E-state index in [0.29, 0.717) is 5.82 Å². The molecule has 0 atom stereocenters. The van der Waals surface area contributed by atoms with Gasteiger partial charge in [-0.15, -0.1) is 10.2 Å². The van der Waals surface area contributed by atoms with Crippen molar-refractivity contribution in [2.45, 2.75) is 6.92 Å². The standard InChI is InChI=1S/C6H8Cl2N4/c1-3-12(2)5-4(7)10-11-6(8)9-5/h3H2,1-2H3. The molecule has 6 heteroatoms. The van der Waals surface area contributed by atoms with Crippen molar-refractivity contribution in [3.05, 3.63) is 10.4 Å². The SMILES string of the molecule is CCN(C)c1nc(Cl)nnc1Cl. The molecule has 0 amide bonds. The van der Waals surface area contributed by atoms with E-state index in [1.54, 1.807) is 0 Å². The van der Waals surface area contributed by atoms with E-state index in [1.165, 1.54) is 0 Å². The van der Waals surface area contributed by atoms with Crippen molar-refractivity contribution >= 4 is 29.0 Å². The maximum Gasteiger partial charge on any atom is 0.245 e. The molecule has 1 aromatic heterocycles. The Bertz CT molecular complexity index is 278. The molecule has 0 aliphatic heterocycles. The average Bonchev–Trinajstić information content (AvgIpc) is 2.08. The van der Waals surface area contributed by atoms with Crippen molar-refractivity contribution in [2.24, 2.45) is 0 Å². The Balaban J connectivity index is 3.04. The van der Waals surface area contributed by atoms with Crippen LogP contribution in [0.15, 0.2) is 0 Å². The van der Waals surface area contributed by atoms with Crippen LogP contribution >= 0.6 is 23.2 Å². The topological polar surface area (TPSA) is 41.9 Å². The van der Waals surface area contributed by atoms with Gasteiger partial charge in [-0.3, -0.25) is 0 Å². The molecular formula is C6H8Cl2N4. The second-order valence-corrected chi connectivity index (χ2v) is 2.91. The first kappa shape index (κ1) is 9.48. The Morgan fingerprint density at radius 3 is 2.58 bits per heavy atom. The van der Waals surface area contributed by atoms with Crippen LogP contribution in [-0.4, -0.2) is 28.8 Å². The first-order valence-corrected chi connectivity index (χ1v) is 4.17. The van der Waals surface area contributed by atoms with E-state index in [4.69, 9.17) is 23.2 Å². The molecule has 12 heavy (non-hydrogen) atoms. The van der Waals surface area contributed by atoms with Gasteiger partial charge >= 0.3 is 0 Å². The van der Waals surface area contributed by atoms with Crippen molar-refractivity contribution in [1.29, 1.82) is 0 Å². The van der Waals surface area contributed by atoms with E-state index >= 15 is 0 Å². The molecule has 66 valence electrons. The molecule has 0 aliphatic carbocycles. The molecule has 0 saturated heterocycles. The Morgan fingerprint density at radius 1 is 1.33 bits per heavy atom. The van der Waals surface area contributed by atoms with Gasteiger partial charge in [-0.25, -0.2) is 0 Å². The summed E-state index contributed by atoms with van der Waals surface area (Å²) < 4.78 is 0. The number of hydrogen-bond donors (Lipinski definition) is 0. The quantitative estimate of drug-likeness (QED) is 0.739. The van der Waals surface area contributed by atoms with Gasteiger partial charge in [-0.2, -0.15) is 4.98 Å². The third-order valence-electron chi connectivity index (χ3n) is 1.44. The minimum Gasteiger partial charge on any atom is -0.357 e. The molecule has 0 fully saturated rings. The minimum atomic E-state index is 0.106. The van der Waals surface area contributed by atoms with Crippen LogP contribution in [0.25, 0.3) is 0 Å². The fourth-order valence-corrected chi connectivity index (χ4v) is 1.02. The molecule has 0 radical (unpaired) electrons. The summed E-state index contributed by atoms with van der Waals surface area (Å²) in [5, 5.41) is 7.50. The van der Waals surface area contributed by atoms with Crippen LogP contribution in [0.2, 0.25) is 10.4 Å². The molecule has 0 bridgehead atoms. The number of rotatable bonds is 2. The summed E-state index contributed by atoms with van der Waals surface area (Å²) in [6.07, 6.45) is 0. The predicted octanol–water partition coefficient (Wildman–Crippen LogP) is 1.63. The Hall–Kier alpha value is -0.610. The van der Waals surface area contributed by atoms with Crippen LogP contribution < -0.4 is 4.90 Å². The molecule has 0 unspecified atom stereocenters. The van der Waals surface area contributed by atoms with Gasteiger partial charge in [0.2, 0.25) is 5.28 Å². The summed E-state index contributed by atoms with van der Waals surface area (Å²) in [4.78, 5) is 5.77. The zero-order valence-corrected chi connectivity index (χ0v) is 8.26. The fourth-order valence-electron chi connectivity index (χ4n) is 0.678. The molecule has 1 heterocycles. The molecule has 0 aromatic carbocycles. The van der Waals surface area contributed by atoms with Gasteiger partial charge in [-0.1, -0.05) is 11.6 Å². The lowest BCUT2D eigenvalue weighted by Crippen LogP contribution is -2.18. The van der Waals surface area contributed by atoms with Crippen LogP contribution in [0.1, 0.15) is 6.92 Å². The summed E-state index contributed by atoms with van der Waals surface area (Å²) in [6.45, 7) is 2.76. The summed E-state index contributed by atoms with van der Waals surface area (Å²) in [5.74, 6) is 0.555. The van der Waals surface area contributed by atoms with E-state index < -0.39 is 0 Å². The van der Waals surface area contributed by atoms with Gasteiger partial charge in [0.1, 0.15) is 0 Å². The highest BCUT2D eigenvalue weighted by Gasteiger charge is 2.08. The highest BCUT2D eigenvalue weighted by atomic mass is 35.5. The van der Waals surface area contributed by atoms with Crippen molar-refractivity contribution in [1.82, 2.24) is 15.2 Å². The van der Waals surface area contributed by atoms with Crippen LogP contribution in [0.4, 0.5) is 5.82 Å². The highest BCUT2D eigenvalue weighted by Crippen LogP contribution is 2.19. The molecule has 0 saturated carbocycles. The largest absolute Gasteiger partial charge is 0.357 e. The molecular weight excluding hydrogens is 199 g/mol. The zero-order chi connectivity index (χ0) is 9.14. The lowest BCUT2D eigenvalue weighted by atomic mass is 10.6. The van der Waals surface area contributed by atoms with Gasteiger partial charge < -0.3 is 4.90 Å². The van der Waals surface area contributed by atoms with Crippen molar-refractivity contribution < 1.29 is 0 Å². The zero-order valence-electron chi connectivity index (χ0n) is 6.75. The van der Waals surface area contributed by atoms with Gasteiger partial charge in [0.15, 0.2) is 11.0 Å². The van der Waals surface area contributed by atoms with Crippen LogP contribution in [0, 0.1) is 0 Å². The number of halogens is 2. The Morgan fingerprint density at radius 2 is 2.00 bits per heavy atom. The third-order valence-corrected chi connectivity index (χ3v) is 1.84. The Kier molecular flexibility index (Phi) is 3.05. The lowest BCUT2D eigenvalue weighted by Gasteiger charge is -2.15. The molecule has 1 aromatic rings. The summed E-state index contributed by atoms with van der Waals surface area (Å²) >= 11 is 11.3. The fraction of sp³-hybridized carbons (Fsp3) is 0.500. The van der Waals surface area contributed by atoms with Crippen LogP contribution in [0.3, 0.4) is 0 Å². The molecule has 0 aliphatic rings. The second-order valence-electron chi connectivity index (χ2n) is 2.21. The van der Waals surface area contributed by atoms with Crippen molar-refractivity contribution in [3.63, 3.8) is 0 Å². The number of aromatic nitrogens is 3. The van der Waals surface area contributed by atoms with Gasteiger partial charge in [0.25, 0.3) is 0 Å². The maximum absolute atomic E-state index is 5.73. The van der Waals surface area contributed by atoms with E-state index in [-0.39, 0.29) is 10.4 Å². The molecule has 0 N–H and O–H groups in total. The average molecular weight is 207 g/mol. The first-order valence-electron chi connectivity index (χ1n) is 3.42. The summed E-state index contributed by atoms with van der Waals surface area (Å²) in [7, 11) is 1.85.